The Morgan fingerprint density at radius 1 is 0.867 bits per heavy atom. The third-order valence-electron chi connectivity index (χ3n) is 3.17. The third-order valence-corrected chi connectivity index (χ3v) is 6.79. The van der Waals surface area contributed by atoms with Crippen LogP contribution < -0.4 is 0 Å². The lowest BCUT2D eigenvalue weighted by atomic mass is 10.5. The largest absolute Gasteiger partial charge is 0.462 e. The van der Waals surface area contributed by atoms with Gasteiger partial charge in [0.15, 0.2) is 12.6 Å². The molecule has 0 spiro atoms. The lowest BCUT2D eigenvalue weighted by Crippen LogP contribution is -2.34. The fourth-order valence-electron chi connectivity index (χ4n) is 1.92. The van der Waals surface area contributed by atoms with Crippen LogP contribution in [-0.2, 0) is 33.3 Å². The Balaban J connectivity index is 0.000000240. The number of ether oxygens (including phenoxy) is 5. The maximum Gasteiger partial charge on any atom is 0.304 e. The van der Waals surface area contributed by atoms with Crippen LogP contribution in [0.5, 0.6) is 0 Å². The summed E-state index contributed by atoms with van der Waals surface area (Å²) < 4.78 is 24.0. The average molecular weight is 493 g/mol. The predicted octanol–water partition coefficient (Wildman–Crippen LogP) is -0.699. The molecule has 3 aliphatic rings. The van der Waals surface area contributed by atoms with Crippen molar-refractivity contribution in [2.45, 2.75) is 49.0 Å². The van der Waals surface area contributed by atoms with Crippen molar-refractivity contribution >= 4 is 47.2 Å². The van der Waals surface area contributed by atoms with E-state index in [0.717, 1.165) is 0 Å². The topological polar surface area (TPSA) is 161 Å². The van der Waals surface area contributed by atoms with E-state index in [1.807, 2.05) is 0 Å². The second kappa shape index (κ2) is 15.5. The molecule has 6 atom stereocenters. The summed E-state index contributed by atoms with van der Waals surface area (Å²) in [5, 5.41) is 34.9. The summed E-state index contributed by atoms with van der Waals surface area (Å²) in [5.74, 6) is 1.18. The zero-order chi connectivity index (χ0) is 22.5. The summed E-state index contributed by atoms with van der Waals surface area (Å²) in [4.78, 5) is 21.1. The van der Waals surface area contributed by atoms with Crippen LogP contribution in [0.15, 0.2) is 0 Å². The molecular formula is C16H28O11S3. The van der Waals surface area contributed by atoms with Gasteiger partial charge in [-0.2, -0.15) is 0 Å². The second-order valence-electron chi connectivity index (χ2n) is 5.89. The molecule has 0 bridgehead atoms. The van der Waals surface area contributed by atoms with Crippen LogP contribution >= 0.6 is 35.3 Å². The van der Waals surface area contributed by atoms with E-state index in [2.05, 4.69) is 9.47 Å². The molecule has 30 heavy (non-hydrogen) atoms. The first-order chi connectivity index (χ1) is 14.2. The van der Waals surface area contributed by atoms with Gasteiger partial charge in [0.05, 0.1) is 5.75 Å². The van der Waals surface area contributed by atoms with Gasteiger partial charge in [0, 0.05) is 25.4 Å². The molecule has 4 N–H and O–H groups in total. The minimum atomic E-state index is -0.863. The van der Waals surface area contributed by atoms with E-state index < -0.39 is 18.9 Å². The number of hydrogen-bond donors (Lipinski definition) is 4. The van der Waals surface area contributed by atoms with Gasteiger partial charge in [0.25, 0.3) is 0 Å². The first-order valence-electron chi connectivity index (χ1n) is 8.92. The Morgan fingerprint density at radius 3 is 1.80 bits per heavy atom. The highest BCUT2D eigenvalue weighted by atomic mass is 32.2. The highest BCUT2D eigenvalue weighted by Crippen LogP contribution is 2.26. The van der Waals surface area contributed by atoms with Crippen LogP contribution in [0, 0.1) is 0 Å². The first-order valence-corrected chi connectivity index (χ1v) is 12.1. The van der Waals surface area contributed by atoms with E-state index in [9.17, 15) is 9.59 Å². The molecule has 0 aromatic rings. The van der Waals surface area contributed by atoms with Gasteiger partial charge in [-0.3, -0.25) is 9.59 Å². The molecule has 14 heteroatoms. The fraction of sp³-hybridized carbons (Fsp3) is 0.875. The maximum atomic E-state index is 10.6. The van der Waals surface area contributed by atoms with E-state index in [1.165, 1.54) is 49.1 Å². The number of esters is 2. The van der Waals surface area contributed by atoms with Gasteiger partial charge in [-0.1, -0.05) is 0 Å². The van der Waals surface area contributed by atoms with Crippen molar-refractivity contribution < 1.29 is 53.7 Å². The Labute approximate surface area is 187 Å². The molecule has 0 radical (unpaired) electrons. The summed E-state index contributed by atoms with van der Waals surface area (Å²) in [6.07, 6.45) is -2.24. The number of carbonyl (C=O) groups excluding carboxylic acids is 2. The van der Waals surface area contributed by atoms with E-state index in [4.69, 9.17) is 34.6 Å². The monoisotopic (exact) mass is 492 g/mol. The molecule has 0 aliphatic carbocycles. The van der Waals surface area contributed by atoms with Crippen LogP contribution in [0.25, 0.3) is 0 Å². The lowest BCUT2D eigenvalue weighted by Gasteiger charge is -2.22. The zero-order valence-electron chi connectivity index (χ0n) is 16.6. The van der Waals surface area contributed by atoms with Gasteiger partial charge in [-0.05, 0) is 0 Å². The Morgan fingerprint density at radius 2 is 1.40 bits per heavy atom. The molecule has 176 valence electrons. The minimum Gasteiger partial charge on any atom is -0.462 e. The van der Waals surface area contributed by atoms with Gasteiger partial charge in [0.1, 0.15) is 36.1 Å². The molecule has 0 saturated carbocycles. The second-order valence-corrected chi connectivity index (χ2v) is 9.51. The Bertz CT molecular complexity index is 457. The number of thioether (sulfide) groups is 3. The minimum absolute atomic E-state index is 0.0567. The van der Waals surface area contributed by atoms with Gasteiger partial charge in [0.2, 0.25) is 6.29 Å². The molecular weight excluding hydrogens is 464 g/mol. The van der Waals surface area contributed by atoms with Crippen molar-refractivity contribution in [2.24, 2.45) is 0 Å². The van der Waals surface area contributed by atoms with E-state index >= 15 is 0 Å². The van der Waals surface area contributed by atoms with E-state index in [1.54, 1.807) is 0 Å². The highest BCUT2D eigenvalue weighted by Gasteiger charge is 2.28. The van der Waals surface area contributed by atoms with Crippen LogP contribution in [0.3, 0.4) is 0 Å². The van der Waals surface area contributed by atoms with Crippen molar-refractivity contribution in [1.29, 1.82) is 0 Å². The molecule has 0 aromatic heterocycles. The van der Waals surface area contributed by atoms with Gasteiger partial charge in [-0.15, -0.1) is 35.3 Å². The zero-order valence-corrected chi connectivity index (χ0v) is 19.0. The van der Waals surface area contributed by atoms with Crippen LogP contribution in [0.1, 0.15) is 13.8 Å². The Hall–Kier alpha value is -0.290. The molecule has 6 unspecified atom stereocenters. The average Bonchev–Trinajstić information content (AvgIpc) is 3.12. The van der Waals surface area contributed by atoms with Gasteiger partial charge in [-0.25, -0.2) is 0 Å². The molecule has 3 heterocycles. The standard InChI is InChI=1S/C8H12O5S.C4H8O4.C4H8O2S2/c1-5(9)11-3-8-13-7(4-14-8)12-6(2)10;2*5-3-1-7-4(6)2-8-3/h7-8H,3-4H2,1-2H3;2*3-6H,1-2H2. The number of aliphatic hydroxyl groups excluding tert-OH is 4. The smallest absolute Gasteiger partial charge is 0.304 e. The lowest BCUT2D eigenvalue weighted by molar-refractivity contribution is -0.263. The third kappa shape index (κ3) is 13.9. The molecule has 3 fully saturated rings. The van der Waals surface area contributed by atoms with Crippen molar-refractivity contribution in [2.75, 3.05) is 37.1 Å². The summed E-state index contributed by atoms with van der Waals surface area (Å²) in [6.45, 7) is 2.97. The van der Waals surface area contributed by atoms with Crippen molar-refractivity contribution in [3.05, 3.63) is 0 Å². The molecule has 0 amide bonds. The first kappa shape index (κ1) is 27.7. The van der Waals surface area contributed by atoms with Crippen LogP contribution in [0.4, 0.5) is 0 Å². The quantitative estimate of drug-likeness (QED) is 0.366. The molecule has 0 aromatic carbocycles. The fourth-order valence-corrected chi connectivity index (χ4v) is 4.82. The molecule has 11 nitrogen and oxygen atoms in total. The van der Waals surface area contributed by atoms with Gasteiger partial charge >= 0.3 is 11.9 Å². The Kier molecular flexibility index (Phi) is 14.3. The molecule has 3 saturated heterocycles. The number of aliphatic hydroxyl groups is 4. The molecule has 3 rings (SSSR count). The SMILES string of the molecule is CC(=O)OCC1OC(OC(C)=O)CS1.OC1COC(O)CO1.OC1CSC(O)CS1. The number of hydrogen-bond acceptors (Lipinski definition) is 14. The normalized spacial score (nSPS) is 33.3. The number of rotatable bonds is 3. The van der Waals surface area contributed by atoms with Crippen molar-refractivity contribution in [3.8, 4) is 0 Å². The van der Waals surface area contributed by atoms with Crippen molar-refractivity contribution in [1.82, 2.24) is 0 Å². The van der Waals surface area contributed by atoms with Crippen LogP contribution in [0.2, 0.25) is 0 Å². The van der Waals surface area contributed by atoms with Crippen molar-refractivity contribution in [3.63, 3.8) is 0 Å². The summed E-state index contributed by atoms with van der Waals surface area (Å²) in [7, 11) is 0. The van der Waals surface area contributed by atoms with E-state index in [-0.39, 0.29) is 48.1 Å². The van der Waals surface area contributed by atoms with Crippen LogP contribution in [-0.4, -0.2) is 105 Å². The number of carbonyl (C=O) groups is 2. The predicted molar refractivity (Wildman–Crippen MR) is 110 cm³/mol. The summed E-state index contributed by atoms with van der Waals surface area (Å²) >= 11 is 4.28. The highest BCUT2D eigenvalue weighted by molar-refractivity contribution is 8.06. The summed E-state index contributed by atoms with van der Waals surface area (Å²) in [6, 6.07) is 0. The van der Waals surface area contributed by atoms with Gasteiger partial charge < -0.3 is 44.1 Å². The summed E-state index contributed by atoms with van der Waals surface area (Å²) in [5.41, 5.74) is -0.755. The van der Waals surface area contributed by atoms with E-state index in [0.29, 0.717) is 17.3 Å². The molecule has 3 aliphatic heterocycles. The maximum absolute atomic E-state index is 10.6.